The Balaban J connectivity index is 0.00000264. The third kappa shape index (κ3) is 6.47. The van der Waals surface area contributed by atoms with Crippen molar-refractivity contribution in [1.82, 2.24) is 10.2 Å². The minimum Gasteiger partial charge on any atom is -0.373 e. The Morgan fingerprint density at radius 1 is 1.26 bits per heavy atom. The highest BCUT2D eigenvalue weighted by Gasteiger charge is 2.21. The average Bonchev–Trinajstić information content (AvgIpc) is 2.45. The second kappa shape index (κ2) is 9.23. The molecule has 0 aromatic heterocycles. The Bertz CT molecular complexity index is 483. The van der Waals surface area contributed by atoms with Gasteiger partial charge in [-0.3, -0.25) is 9.69 Å². The topological polar surface area (TPSA) is 67.6 Å². The van der Waals surface area contributed by atoms with Crippen LogP contribution in [0.3, 0.4) is 0 Å². The van der Waals surface area contributed by atoms with E-state index in [4.69, 9.17) is 10.5 Å². The van der Waals surface area contributed by atoms with Gasteiger partial charge in [0, 0.05) is 26.2 Å². The summed E-state index contributed by atoms with van der Waals surface area (Å²) in [6, 6.07) is 7.90. The van der Waals surface area contributed by atoms with Crippen molar-refractivity contribution in [3.63, 3.8) is 0 Å². The zero-order valence-electron chi connectivity index (χ0n) is 14.1. The Hall–Kier alpha value is -1.14. The molecule has 5 nitrogen and oxygen atoms in total. The van der Waals surface area contributed by atoms with Crippen LogP contribution >= 0.6 is 12.4 Å². The Morgan fingerprint density at radius 2 is 1.78 bits per heavy atom. The van der Waals surface area contributed by atoms with Crippen LogP contribution in [0.2, 0.25) is 0 Å². The normalized spacial score (nSPS) is 23.0. The molecule has 23 heavy (non-hydrogen) atoms. The van der Waals surface area contributed by atoms with Gasteiger partial charge in [0.2, 0.25) is 5.91 Å². The maximum atomic E-state index is 11.5. The van der Waals surface area contributed by atoms with Gasteiger partial charge in [-0.05, 0) is 31.9 Å². The number of halogens is 1. The molecule has 2 rings (SSSR count). The molecule has 1 amide bonds. The maximum absolute atomic E-state index is 11.5. The summed E-state index contributed by atoms with van der Waals surface area (Å²) in [6.45, 7) is 9.31. The lowest BCUT2D eigenvalue weighted by Crippen LogP contribution is -2.44. The molecule has 0 spiro atoms. The van der Waals surface area contributed by atoms with E-state index in [9.17, 15) is 4.79 Å². The molecule has 1 aliphatic rings. The highest BCUT2D eigenvalue weighted by molar-refractivity contribution is 5.85. The predicted molar refractivity (Wildman–Crippen MR) is 94.5 cm³/mol. The molecule has 3 atom stereocenters. The fourth-order valence-corrected chi connectivity index (χ4v) is 2.78. The first-order chi connectivity index (χ1) is 10.4. The lowest BCUT2D eigenvalue weighted by molar-refractivity contribution is -0.122. The van der Waals surface area contributed by atoms with E-state index in [2.05, 4.69) is 48.3 Å². The van der Waals surface area contributed by atoms with Crippen molar-refractivity contribution in [3.05, 3.63) is 35.4 Å². The number of rotatable bonds is 5. The standard InChI is InChI=1S/C17H27N3O2.ClH/c1-12-9-20(10-13(2)22-12)11-16-6-4-15(5-7-16)8-19-17(21)14(3)18;/h4-7,12-14H,8-11,18H2,1-3H3,(H,19,21);1H. The Labute approximate surface area is 145 Å². The molecule has 0 saturated carbocycles. The summed E-state index contributed by atoms with van der Waals surface area (Å²) in [7, 11) is 0. The van der Waals surface area contributed by atoms with Crippen molar-refractivity contribution in [2.45, 2.75) is 52.1 Å². The number of benzene rings is 1. The number of carbonyl (C=O) groups excluding carboxylic acids is 1. The van der Waals surface area contributed by atoms with Gasteiger partial charge >= 0.3 is 0 Å². The van der Waals surface area contributed by atoms with E-state index in [1.807, 2.05) is 0 Å². The number of nitrogens with one attached hydrogen (secondary N) is 1. The van der Waals surface area contributed by atoms with E-state index >= 15 is 0 Å². The first kappa shape index (κ1) is 19.9. The molecule has 1 aromatic carbocycles. The van der Waals surface area contributed by atoms with Gasteiger partial charge in [0.15, 0.2) is 0 Å². The molecule has 0 radical (unpaired) electrons. The largest absolute Gasteiger partial charge is 0.373 e. The maximum Gasteiger partial charge on any atom is 0.236 e. The van der Waals surface area contributed by atoms with Crippen LogP contribution in [0.25, 0.3) is 0 Å². The van der Waals surface area contributed by atoms with Crippen LogP contribution in [0.4, 0.5) is 0 Å². The molecule has 0 aliphatic carbocycles. The van der Waals surface area contributed by atoms with Crippen LogP contribution in [0.5, 0.6) is 0 Å². The van der Waals surface area contributed by atoms with Gasteiger partial charge in [-0.25, -0.2) is 0 Å². The molecule has 6 heteroatoms. The van der Waals surface area contributed by atoms with Gasteiger partial charge in [0.05, 0.1) is 18.2 Å². The van der Waals surface area contributed by atoms with E-state index in [0.717, 1.165) is 25.2 Å². The van der Waals surface area contributed by atoms with Gasteiger partial charge in [0.1, 0.15) is 0 Å². The van der Waals surface area contributed by atoms with Crippen LogP contribution in [-0.2, 0) is 22.6 Å². The molecule has 0 bridgehead atoms. The summed E-state index contributed by atoms with van der Waals surface area (Å²) in [5.41, 5.74) is 7.89. The lowest BCUT2D eigenvalue weighted by Gasteiger charge is -2.35. The lowest BCUT2D eigenvalue weighted by atomic mass is 10.1. The summed E-state index contributed by atoms with van der Waals surface area (Å²) in [6.07, 6.45) is 0.577. The zero-order chi connectivity index (χ0) is 16.1. The number of carbonyl (C=O) groups is 1. The second-order valence-electron chi connectivity index (χ2n) is 6.27. The minimum atomic E-state index is -0.468. The van der Waals surface area contributed by atoms with Crippen molar-refractivity contribution in [1.29, 1.82) is 0 Å². The number of nitrogens with zero attached hydrogens (tertiary/aromatic N) is 1. The highest BCUT2D eigenvalue weighted by atomic mass is 35.5. The number of hydrogen-bond acceptors (Lipinski definition) is 4. The second-order valence-corrected chi connectivity index (χ2v) is 6.27. The molecule has 3 N–H and O–H groups in total. The number of morpholine rings is 1. The van der Waals surface area contributed by atoms with Gasteiger partial charge in [-0.2, -0.15) is 0 Å². The molecule has 1 fully saturated rings. The summed E-state index contributed by atoms with van der Waals surface area (Å²) in [4.78, 5) is 13.9. The van der Waals surface area contributed by atoms with E-state index in [-0.39, 0.29) is 30.5 Å². The van der Waals surface area contributed by atoms with Gasteiger partial charge in [-0.15, -0.1) is 12.4 Å². The van der Waals surface area contributed by atoms with Crippen LogP contribution in [0.15, 0.2) is 24.3 Å². The van der Waals surface area contributed by atoms with Crippen molar-refractivity contribution in [2.75, 3.05) is 13.1 Å². The molecular weight excluding hydrogens is 314 g/mol. The van der Waals surface area contributed by atoms with Crippen LogP contribution in [0.1, 0.15) is 31.9 Å². The number of hydrogen-bond donors (Lipinski definition) is 2. The summed E-state index contributed by atoms with van der Waals surface area (Å²) >= 11 is 0. The van der Waals surface area contributed by atoms with E-state index in [1.54, 1.807) is 6.92 Å². The summed E-state index contributed by atoms with van der Waals surface area (Å²) in [5, 5.41) is 2.82. The molecule has 1 aromatic rings. The van der Waals surface area contributed by atoms with E-state index < -0.39 is 6.04 Å². The van der Waals surface area contributed by atoms with Crippen molar-refractivity contribution < 1.29 is 9.53 Å². The Morgan fingerprint density at radius 3 is 2.30 bits per heavy atom. The van der Waals surface area contributed by atoms with Crippen molar-refractivity contribution >= 4 is 18.3 Å². The van der Waals surface area contributed by atoms with Crippen molar-refractivity contribution in [2.24, 2.45) is 5.73 Å². The number of ether oxygens (including phenoxy) is 1. The number of nitrogens with two attached hydrogens (primary N) is 1. The first-order valence-corrected chi connectivity index (χ1v) is 7.93. The summed E-state index contributed by atoms with van der Waals surface area (Å²) in [5.74, 6) is -0.125. The Kier molecular flexibility index (Phi) is 7.99. The molecule has 3 unspecified atom stereocenters. The SMILES string of the molecule is CC1CN(Cc2ccc(CNC(=O)C(C)N)cc2)CC(C)O1.Cl. The van der Waals surface area contributed by atoms with Crippen molar-refractivity contribution in [3.8, 4) is 0 Å². The molecule has 130 valence electrons. The fraction of sp³-hybridized carbons (Fsp3) is 0.588. The van der Waals surface area contributed by atoms with Gasteiger partial charge in [0.25, 0.3) is 0 Å². The van der Waals surface area contributed by atoms with Gasteiger partial charge < -0.3 is 15.8 Å². The average molecular weight is 342 g/mol. The van der Waals surface area contributed by atoms with Crippen LogP contribution in [0, 0.1) is 0 Å². The zero-order valence-corrected chi connectivity index (χ0v) is 14.9. The summed E-state index contributed by atoms with van der Waals surface area (Å²) < 4.78 is 5.75. The predicted octanol–water partition coefficient (Wildman–Crippen LogP) is 1.68. The third-order valence-electron chi connectivity index (χ3n) is 3.80. The monoisotopic (exact) mass is 341 g/mol. The van der Waals surface area contributed by atoms with E-state index in [1.165, 1.54) is 5.56 Å². The van der Waals surface area contributed by atoms with Gasteiger partial charge in [-0.1, -0.05) is 24.3 Å². The third-order valence-corrected chi connectivity index (χ3v) is 3.80. The number of amides is 1. The molecule has 1 aliphatic heterocycles. The van der Waals surface area contributed by atoms with Crippen LogP contribution in [-0.4, -0.2) is 42.1 Å². The highest BCUT2D eigenvalue weighted by Crippen LogP contribution is 2.14. The quantitative estimate of drug-likeness (QED) is 0.855. The van der Waals surface area contributed by atoms with Crippen LogP contribution < -0.4 is 11.1 Å². The molecule has 1 heterocycles. The van der Waals surface area contributed by atoms with E-state index in [0.29, 0.717) is 6.54 Å². The first-order valence-electron chi connectivity index (χ1n) is 7.93. The smallest absolute Gasteiger partial charge is 0.236 e. The molecule has 1 saturated heterocycles. The molecular formula is C17H28ClN3O2. The fourth-order valence-electron chi connectivity index (χ4n) is 2.78. The minimum absolute atomic E-state index is 0.